The van der Waals surface area contributed by atoms with E-state index in [2.05, 4.69) is 36.2 Å². The van der Waals surface area contributed by atoms with Gasteiger partial charge in [-0.2, -0.15) is 0 Å². The van der Waals surface area contributed by atoms with E-state index in [1.807, 2.05) is 37.9 Å². The number of ether oxygens (including phenoxy) is 1. The summed E-state index contributed by atoms with van der Waals surface area (Å²) in [5.41, 5.74) is 4.30. The van der Waals surface area contributed by atoms with E-state index in [-0.39, 0.29) is 12.1 Å². The van der Waals surface area contributed by atoms with E-state index < -0.39 is 5.60 Å². The molecule has 4 heteroatoms. The quantitative estimate of drug-likeness (QED) is 0.769. The number of pyridine rings is 1. The first-order valence-corrected chi connectivity index (χ1v) is 8.38. The monoisotopic (exact) mass is 324 g/mol. The van der Waals surface area contributed by atoms with E-state index in [0.29, 0.717) is 6.54 Å². The van der Waals surface area contributed by atoms with Gasteiger partial charge in [-0.1, -0.05) is 24.3 Å². The molecule has 0 N–H and O–H groups in total. The molecule has 1 aliphatic heterocycles. The third kappa shape index (κ3) is 3.42. The molecule has 0 saturated heterocycles. The van der Waals surface area contributed by atoms with Gasteiger partial charge in [0.25, 0.3) is 0 Å². The molecule has 0 spiro atoms. The molecule has 0 radical (unpaired) electrons. The van der Waals surface area contributed by atoms with Crippen molar-refractivity contribution in [3.63, 3.8) is 0 Å². The van der Waals surface area contributed by atoms with E-state index in [1.54, 1.807) is 6.20 Å². The molecule has 0 fully saturated rings. The lowest BCUT2D eigenvalue weighted by Gasteiger charge is -2.36. The Morgan fingerprint density at radius 2 is 2.04 bits per heavy atom. The Kier molecular flexibility index (Phi) is 4.31. The molecular formula is C20H24N2O2. The molecule has 1 aromatic heterocycles. The number of rotatable bonds is 1. The average Bonchev–Trinajstić information content (AvgIpc) is 2.54. The van der Waals surface area contributed by atoms with Crippen molar-refractivity contribution in [2.75, 3.05) is 6.54 Å². The number of hydrogen-bond donors (Lipinski definition) is 0. The van der Waals surface area contributed by atoms with Gasteiger partial charge in [0.2, 0.25) is 0 Å². The molecule has 0 bridgehead atoms. The van der Waals surface area contributed by atoms with Gasteiger partial charge in [-0.15, -0.1) is 0 Å². The van der Waals surface area contributed by atoms with Crippen LogP contribution >= 0.6 is 0 Å². The molecule has 2 aromatic rings. The van der Waals surface area contributed by atoms with Gasteiger partial charge in [0.1, 0.15) is 5.60 Å². The number of carbonyl (C=O) groups is 1. The van der Waals surface area contributed by atoms with Crippen LogP contribution in [0.15, 0.2) is 42.7 Å². The van der Waals surface area contributed by atoms with Crippen LogP contribution in [-0.4, -0.2) is 28.1 Å². The molecular weight excluding hydrogens is 300 g/mol. The van der Waals surface area contributed by atoms with Crippen molar-refractivity contribution < 1.29 is 9.53 Å². The highest BCUT2D eigenvalue weighted by molar-refractivity contribution is 5.70. The maximum atomic E-state index is 12.4. The summed E-state index contributed by atoms with van der Waals surface area (Å²) in [5, 5.41) is 0. The second kappa shape index (κ2) is 6.27. The molecule has 1 aromatic carbocycles. The second-order valence-electron chi connectivity index (χ2n) is 7.26. The Bertz CT molecular complexity index is 735. The highest BCUT2D eigenvalue weighted by Crippen LogP contribution is 2.33. The summed E-state index contributed by atoms with van der Waals surface area (Å²) in [5.74, 6) is 0. The lowest BCUT2D eigenvalue weighted by atomic mass is 9.91. The fourth-order valence-corrected chi connectivity index (χ4v) is 3.12. The average molecular weight is 324 g/mol. The molecule has 3 rings (SSSR count). The van der Waals surface area contributed by atoms with Crippen molar-refractivity contribution in [2.45, 2.75) is 45.8 Å². The van der Waals surface area contributed by atoms with Gasteiger partial charge in [0.05, 0.1) is 6.04 Å². The molecule has 1 aliphatic rings. The molecule has 0 aliphatic carbocycles. The Labute approximate surface area is 143 Å². The largest absolute Gasteiger partial charge is 0.444 e. The predicted molar refractivity (Wildman–Crippen MR) is 94.7 cm³/mol. The van der Waals surface area contributed by atoms with Crippen LogP contribution in [0.1, 0.15) is 44.9 Å². The lowest BCUT2D eigenvalue weighted by Crippen LogP contribution is -2.42. The third-order valence-electron chi connectivity index (χ3n) is 4.31. The number of amides is 1. The van der Waals surface area contributed by atoms with Gasteiger partial charge in [0.15, 0.2) is 0 Å². The van der Waals surface area contributed by atoms with Crippen LogP contribution in [0.5, 0.6) is 0 Å². The van der Waals surface area contributed by atoms with Crippen LogP contribution in [0.2, 0.25) is 0 Å². The fourth-order valence-electron chi connectivity index (χ4n) is 3.12. The number of hydrogen-bond acceptors (Lipinski definition) is 3. The highest BCUT2D eigenvalue weighted by atomic mass is 16.6. The number of aromatic nitrogens is 1. The Hall–Kier alpha value is -2.36. The third-order valence-corrected chi connectivity index (χ3v) is 4.31. The molecule has 0 saturated carbocycles. The zero-order chi connectivity index (χ0) is 17.3. The van der Waals surface area contributed by atoms with Crippen molar-refractivity contribution >= 4 is 6.09 Å². The number of fused-ring (bicyclic) bond motifs is 1. The van der Waals surface area contributed by atoms with Crippen molar-refractivity contribution in [3.05, 3.63) is 53.9 Å². The Balaban J connectivity index is 1.84. The first kappa shape index (κ1) is 16.5. The van der Waals surface area contributed by atoms with E-state index in [9.17, 15) is 4.79 Å². The minimum absolute atomic E-state index is 0.0200. The molecule has 4 nitrogen and oxygen atoms in total. The maximum absolute atomic E-state index is 12.4. The van der Waals surface area contributed by atoms with E-state index in [1.165, 1.54) is 16.7 Å². The van der Waals surface area contributed by atoms with Gasteiger partial charge in [-0.3, -0.25) is 4.98 Å². The zero-order valence-corrected chi connectivity index (χ0v) is 14.7. The number of nitrogens with zero attached hydrogens (tertiary/aromatic N) is 2. The van der Waals surface area contributed by atoms with Crippen molar-refractivity contribution in [1.29, 1.82) is 0 Å². The standard InChI is InChI=1S/C20H24N2O2/c1-14-18-8-7-15(17-6-5-10-21-13-17)12-16(18)9-11-22(14)19(23)24-20(2,3)4/h5-8,10,12-14H,9,11H2,1-4H3. The topological polar surface area (TPSA) is 42.4 Å². The van der Waals surface area contributed by atoms with Crippen LogP contribution in [0.4, 0.5) is 4.79 Å². The SMILES string of the molecule is CC1c2ccc(-c3cccnc3)cc2CCN1C(=O)OC(C)(C)C. The Morgan fingerprint density at radius 3 is 2.71 bits per heavy atom. The first-order chi connectivity index (χ1) is 11.3. The van der Waals surface area contributed by atoms with Gasteiger partial charge < -0.3 is 9.64 Å². The number of carbonyl (C=O) groups excluding carboxylic acids is 1. The highest BCUT2D eigenvalue weighted by Gasteiger charge is 2.31. The van der Waals surface area contributed by atoms with Crippen molar-refractivity contribution in [2.24, 2.45) is 0 Å². The summed E-state index contributed by atoms with van der Waals surface area (Å²) in [6, 6.07) is 10.5. The van der Waals surface area contributed by atoms with Gasteiger partial charge in [-0.25, -0.2) is 4.79 Å². The van der Waals surface area contributed by atoms with Crippen LogP contribution in [0.25, 0.3) is 11.1 Å². The maximum Gasteiger partial charge on any atom is 0.410 e. The molecule has 1 unspecified atom stereocenters. The minimum Gasteiger partial charge on any atom is -0.444 e. The van der Waals surface area contributed by atoms with E-state index in [4.69, 9.17) is 4.74 Å². The smallest absolute Gasteiger partial charge is 0.410 e. The van der Waals surface area contributed by atoms with Crippen LogP contribution in [0.3, 0.4) is 0 Å². The molecule has 2 heterocycles. The summed E-state index contributed by atoms with van der Waals surface area (Å²) in [7, 11) is 0. The van der Waals surface area contributed by atoms with Gasteiger partial charge in [0, 0.05) is 18.9 Å². The van der Waals surface area contributed by atoms with Crippen molar-refractivity contribution in [1.82, 2.24) is 9.88 Å². The lowest BCUT2D eigenvalue weighted by molar-refractivity contribution is 0.0160. The molecule has 1 atom stereocenters. The van der Waals surface area contributed by atoms with Crippen LogP contribution in [-0.2, 0) is 11.2 Å². The second-order valence-corrected chi connectivity index (χ2v) is 7.26. The predicted octanol–water partition coefficient (Wildman–Crippen LogP) is 4.60. The van der Waals surface area contributed by atoms with E-state index in [0.717, 1.165) is 12.0 Å². The van der Waals surface area contributed by atoms with E-state index >= 15 is 0 Å². The summed E-state index contributed by atoms with van der Waals surface area (Å²) >= 11 is 0. The zero-order valence-electron chi connectivity index (χ0n) is 14.7. The van der Waals surface area contributed by atoms with Crippen LogP contribution < -0.4 is 0 Å². The molecule has 126 valence electrons. The minimum atomic E-state index is -0.471. The summed E-state index contributed by atoms with van der Waals surface area (Å²) < 4.78 is 5.53. The summed E-state index contributed by atoms with van der Waals surface area (Å²) in [6.45, 7) is 8.43. The summed E-state index contributed by atoms with van der Waals surface area (Å²) in [4.78, 5) is 18.4. The number of benzene rings is 1. The summed E-state index contributed by atoms with van der Waals surface area (Å²) in [6.07, 6.45) is 4.26. The fraction of sp³-hybridized carbons (Fsp3) is 0.400. The first-order valence-electron chi connectivity index (χ1n) is 8.38. The molecule has 24 heavy (non-hydrogen) atoms. The van der Waals surface area contributed by atoms with Crippen molar-refractivity contribution in [3.8, 4) is 11.1 Å². The molecule has 1 amide bonds. The van der Waals surface area contributed by atoms with Gasteiger partial charge >= 0.3 is 6.09 Å². The Morgan fingerprint density at radius 1 is 1.25 bits per heavy atom. The normalized spacial score (nSPS) is 17.3. The van der Waals surface area contributed by atoms with Gasteiger partial charge in [-0.05, 0) is 62.4 Å². The van der Waals surface area contributed by atoms with Crippen LogP contribution in [0, 0.1) is 0 Å².